The fraction of sp³-hybridized carbons (Fsp3) is 0.273. The molecule has 0 radical (unpaired) electrons. The van der Waals surface area contributed by atoms with Gasteiger partial charge in [0.1, 0.15) is 0 Å². The smallest absolute Gasteiger partial charge is 0.0267 e. The Morgan fingerprint density at radius 3 is 2.92 bits per heavy atom. The number of allylic oxidation sites excluding steroid dienone is 3. The van der Waals surface area contributed by atoms with Crippen molar-refractivity contribution in [1.82, 2.24) is 0 Å². The monoisotopic (exact) mass is 178 g/mol. The maximum Gasteiger partial charge on any atom is 0.0267 e. The van der Waals surface area contributed by atoms with Gasteiger partial charge in [-0.25, -0.2) is 0 Å². The van der Waals surface area contributed by atoms with E-state index in [2.05, 4.69) is 48.7 Å². The molecule has 0 nitrogen and oxygen atoms in total. The fourth-order valence-corrected chi connectivity index (χ4v) is 1.56. The third kappa shape index (κ3) is 3.54. The zero-order valence-corrected chi connectivity index (χ0v) is 8.18. The minimum absolute atomic E-state index is 1.05. The van der Waals surface area contributed by atoms with Gasteiger partial charge in [0.25, 0.3) is 0 Å². The molecule has 0 saturated carbocycles. The minimum Gasteiger partial charge on any atom is -0.144 e. The van der Waals surface area contributed by atoms with Crippen LogP contribution in [0, 0.1) is 0 Å². The van der Waals surface area contributed by atoms with Crippen LogP contribution in [0.2, 0.25) is 0 Å². The van der Waals surface area contributed by atoms with Crippen molar-refractivity contribution in [2.75, 3.05) is 0 Å². The molecule has 1 aromatic rings. The highest BCUT2D eigenvalue weighted by Gasteiger charge is 1.82. The highest BCUT2D eigenvalue weighted by molar-refractivity contribution is 7.10. The average Bonchev–Trinajstić information content (AvgIpc) is 2.57. The molecule has 0 aliphatic rings. The summed E-state index contributed by atoms with van der Waals surface area (Å²) in [5, 5.41) is 2.10. The van der Waals surface area contributed by atoms with Crippen molar-refractivity contribution in [3.8, 4) is 0 Å². The third-order valence-corrected chi connectivity index (χ3v) is 2.34. The molecule has 0 saturated heterocycles. The first-order valence-corrected chi connectivity index (χ1v) is 5.16. The maximum absolute atomic E-state index is 2.20. The first-order valence-electron chi connectivity index (χ1n) is 4.28. The van der Waals surface area contributed by atoms with E-state index in [1.54, 1.807) is 11.3 Å². The molecular formula is C11H14S. The predicted molar refractivity (Wildman–Crippen MR) is 57.4 cm³/mol. The molecule has 0 unspecified atom stereocenters. The Morgan fingerprint density at radius 2 is 2.25 bits per heavy atom. The normalized spacial score (nSPS) is 11.8. The van der Waals surface area contributed by atoms with Gasteiger partial charge in [-0.1, -0.05) is 31.2 Å². The SMILES string of the molecule is CC/C=C/C/C=C/c1cccs1. The number of rotatable bonds is 4. The molecule has 0 bridgehead atoms. The van der Waals surface area contributed by atoms with Crippen LogP contribution in [-0.4, -0.2) is 0 Å². The van der Waals surface area contributed by atoms with Crippen LogP contribution in [0.4, 0.5) is 0 Å². The molecule has 1 aromatic heterocycles. The number of hydrogen-bond donors (Lipinski definition) is 0. The highest BCUT2D eigenvalue weighted by atomic mass is 32.1. The Hall–Kier alpha value is -0.820. The van der Waals surface area contributed by atoms with E-state index < -0.39 is 0 Å². The zero-order chi connectivity index (χ0) is 8.65. The summed E-state index contributed by atoms with van der Waals surface area (Å²) >= 11 is 1.78. The standard InChI is InChI=1S/C11H14S/c1-2-3-4-5-6-8-11-9-7-10-12-11/h3-4,6-10H,2,5H2,1H3/b4-3+,8-6+. The fourth-order valence-electron chi connectivity index (χ4n) is 0.912. The lowest BCUT2D eigenvalue weighted by atomic mass is 10.3. The second kappa shape index (κ2) is 5.78. The molecule has 1 heteroatoms. The molecule has 0 aliphatic carbocycles. The van der Waals surface area contributed by atoms with Crippen LogP contribution in [-0.2, 0) is 0 Å². The van der Waals surface area contributed by atoms with Crippen molar-refractivity contribution in [1.29, 1.82) is 0 Å². The molecular weight excluding hydrogens is 164 g/mol. The summed E-state index contributed by atoms with van der Waals surface area (Å²) in [6.07, 6.45) is 10.9. The zero-order valence-electron chi connectivity index (χ0n) is 7.36. The van der Waals surface area contributed by atoms with Gasteiger partial charge in [0, 0.05) is 4.88 Å². The topological polar surface area (TPSA) is 0 Å². The van der Waals surface area contributed by atoms with Crippen molar-refractivity contribution in [3.63, 3.8) is 0 Å². The molecule has 0 N–H and O–H groups in total. The summed E-state index contributed by atoms with van der Waals surface area (Å²) in [6.45, 7) is 2.15. The second-order valence-corrected chi connectivity index (χ2v) is 3.51. The van der Waals surface area contributed by atoms with Crippen LogP contribution in [0.1, 0.15) is 24.6 Å². The first-order chi connectivity index (χ1) is 5.93. The van der Waals surface area contributed by atoms with Crippen molar-refractivity contribution in [2.24, 2.45) is 0 Å². The van der Waals surface area contributed by atoms with Crippen molar-refractivity contribution in [2.45, 2.75) is 19.8 Å². The van der Waals surface area contributed by atoms with Gasteiger partial charge in [-0.05, 0) is 30.4 Å². The molecule has 0 spiro atoms. The van der Waals surface area contributed by atoms with E-state index in [0.717, 1.165) is 12.8 Å². The summed E-state index contributed by atoms with van der Waals surface area (Å²) in [7, 11) is 0. The van der Waals surface area contributed by atoms with Crippen molar-refractivity contribution in [3.05, 3.63) is 40.6 Å². The molecule has 0 aromatic carbocycles. The number of thiophene rings is 1. The lowest BCUT2D eigenvalue weighted by Crippen LogP contribution is -1.59. The Bertz CT molecular complexity index is 242. The number of hydrogen-bond acceptors (Lipinski definition) is 1. The Balaban J connectivity index is 2.27. The summed E-state index contributed by atoms with van der Waals surface area (Å²) < 4.78 is 0. The summed E-state index contributed by atoms with van der Waals surface area (Å²) in [5.41, 5.74) is 0. The molecule has 12 heavy (non-hydrogen) atoms. The molecule has 1 heterocycles. The summed E-state index contributed by atoms with van der Waals surface area (Å²) in [4.78, 5) is 1.33. The molecule has 0 amide bonds. The van der Waals surface area contributed by atoms with Crippen molar-refractivity contribution < 1.29 is 0 Å². The lowest BCUT2D eigenvalue weighted by molar-refractivity contribution is 1.20. The van der Waals surface area contributed by atoms with Crippen LogP contribution >= 0.6 is 11.3 Å². The predicted octanol–water partition coefficient (Wildman–Crippen LogP) is 4.12. The van der Waals surface area contributed by atoms with Crippen LogP contribution in [0.25, 0.3) is 6.08 Å². The molecule has 64 valence electrons. The molecule has 1 rings (SSSR count). The van der Waals surface area contributed by atoms with E-state index in [9.17, 15) is 0 Å². The van der Waals surface area contributed by atoms with E-state index in [1.807, 2.05) is 0 Å². The van der Waals surface area contributed by atoms with Gasteiger partial charge in [-0.2, -0.15) is 0 Å². The van der Waals surface area contributed by atoms with Crippen LogP contribution < -0.4 is 0 Å². The van der Waals surface area contributed by atoms with Gasteiger partial charge in [-0.3, -0.25) is 0 Å². The maximum atomic E-state index is 2.20. The van der Waals surface area contributed by atoms with E-state index in [-0.39, 0.29) is 0 Å². The largest absolute Gasteiger partial charge is 0.144 e. The van der Waals surface area contributed by atoms with Gasteiger partial charge in [-0.15, -0.1) is 11.3 Å². The second-order valence-electron chi connectivity index (χ2n) is 2.53. The lowest BCUT2D eigenvalue weighted by Gasteiger charge is -1.82. The van der Waals surface area contributed by atoms with Gasteiger partial charge >= 0.3 is 0 Å². The van der Waals surface area contributed by atoms with Gasteiger partial charge in [0.2, 0.25) is 0 Å². The van der Waals surface area contributed by atoms with E-state index >= 15 is 0 Å². The van der Waals surface area contributed by atoms with Crippen molar-refractivity contribution >= 4 is 17.4 Å². The quantitative estimate of drug-likeness (QED) is 0.608. The molecule has 0 atom stereocenters. The Morgan fingerprint density at radius 1 is 1.33 bits per heavy atom. The van der Waals surface area contributed by atoms with Crippen LogP contribution in [0.5, 0.6) is 0 Å². The van der Waals surface area contributed by atoms with E-state index in [0.29, 0.717) is 0 Å². The average molecular weight is 178 g/mol. The van der Waals surface area contributed by atoms with Crippen LogP contribution in [0.15, 0.2) is 35.7 Å². The minimum atomic E-state index is 1.05. The summed E-state index contributed by atoms with van der Waals surface area (Å²) in [6, 6.07) is 4.21. The van der Waals surface area contributed by atoms with Gasteiger partial charge in [0.05, 0.1) is 0 Å². The molecule has 0 fully saturated rings. The Kier molecular flexibility index (Phi) is 4.47. The van der Waals surface area contributed by atoms with E-state index in [4.69, 9.17) is 0 Å². The van der Waals surface area contributed by atoms with E-state index in [1.165, 1.54) is 4.88 Å². The van der Waals surface area contributed by atoms with Gasteiger partial charge in [0.15, 0.2) is 0 Å². The highest BCUT2D eigenvalue weighted by Crippen LogP contribution is 2.10. The van der Waals surface area contributed by atoms with Gasteiger partial charge < -0.3 is 0 Å². The summed E-state index contributed by atoms with van der Waals surface area (Å²) in [5.74, 6) is 0. The Labute approximate surface area is 78.2 Å². The molecule has 0 aliphatic heterocycles. The van der Waals surface area contributed by atoms with Crippen LogP contribution in [0.3, 0.4) is 0 Å². The first kappa shape index (κ1) is 9.27. The third-order valence-electron chi connectivity index (χ3n) is 1.50.